The van der Waals surface area contributed by atoms with Crippen LogP contribution in [0.25, 0.3) is 0 Å². The molecule has 0 saturated carbocycles. The third-order valence-electron chi connectivity index (χ3n) is 2.91. The highest BCUT2D eigenvalue weighted by Crippen LogP contribution is 2.07. The second-order valence-corrected chi connectivity index (χ2v) is 6.38. The van der Waals surface area contributed by atoms with Gasteiger partial charge in [0, 0.05) is 0 Å². The Morgan fingerprint density at radius 3 is 1.89 bits per heavy atom. The van der Waals surface area contributed by atoms with Gasteiger partial charge in [-0.2, -0.15) is 8.42 Å². The van der Waals surface area contributed by atoms with Crippen LogP contribution in [-0.2, 0) is 10.1 Å². The zero-order valence-corrected chi connectivity index (χ0v) is 12.4. The number of rotatable bonds is 12. The lowest BCUT2D eigenvalue weighted by Crippen LogP contribution is -2.03. The van der Waals surface area contributed by atoms with Gasteiger partial charge in [0.25, 0.3) is 10.1 Å². The Morgan fingerprint density at radius 2 is 1.33 bits per heavy atom. The summed E-state index contributed by atoms with van der Waals surface area (Å²) in [5.74, 6) is -0.0929. The first-order valence-corrected chi connectivity index (χ1v) is 8.77. The molecular formula is C14H28O3S. The van der Waals surface area contributed by atoms with Crippen LogP contribution < -0.4 is 0 Å². The topological polar surface area (TPSA) is 54.4 Å². The van der Waals surface area contributed by atoms with E-state index in [9.17, 15) is 8.42 Å². The summed E-state index contributed by atoms with van der Waals surface area (Å²) in [4.78, 5) is 0. The lowest BCUT2D eigenvalue weighted by Gasteiger charge is -1.99. The van der Waals surface area contributed by atoms with Gasteiger partial charge in [0.2, 0.25) is 0 Å². The molecule has 0 radical (unpaired) electrons. The molecule has 0 aliphatic rings. The van der Waals surface area contributed by atoms with E-state index < -0.39 is 10.1 Å². The minimum atomic E-state index is -3.75. The summed E-state index contributed by atoms with van der Waals surface area (Å²) in [6, 6.07) is 0. The minimum absolute atomic E-state index is 0.0929. The highest BCUT2D eigenvalue weighted by molar-refractivity contribution is 7.85. The van der Waals surface area contributed by atoms with Crippen molar-refractivity contribution in [3.8, 4) is 0 Å². The van der Waals surface area contributed by atoms with Gasteiger partial charge in [0.1, 0.15) is 0 Å². The van der Waals surface area contributed by atoms with Crippen molar-refractivity contribution < 1.29 is 13.0 Å². The van der Waals surface area contributed by atoms with Crippen molar-refractivity contribution in [2.24, 2.45) is 0 Å². The van der Waals surface area contributed by atoms with E-state index in [1.165, 1.54) is 32.1 Å². The highest BCUT2D eigenvalue weighted by Gasteiger charge is 2.02. The summed E-state index contributed by atoms with van der Waals surface area (Å²) < 4.78 is 29.5. The molecule has 0 bridgehead atoms. The van der Waals surface area contributed by atoms with Crippen LogP contribution in [0.1, 0.15) is 71.1 Å². The van der Waals surface area contributed by atoms with E-state index in [1.54, 1.807) is 0 Å². The van der Waals surface area contributed by atoms with E-state index in [4.69, 9.17) is 4.55 Å². The lowest BCUT2D eigenvalue weighted by atomic mass is 10.1. The average Bonchev–Trinajstić information content (AvgIpc) is 2.29. The largest absolute Gasteiger partial charge is 0.286 e. The van der Waals surface area contributed by atoms with Crippen molar-refractivity contribution in [1.82, 2.24) is 0 Å². The zero-order valence-electron chi connectivity index (χ0n) is 11.6. The number of hydrogen-bond donors (Lipinski definition) is 1. The van der Waals surface area contributed by atoms with Crippen molar-refractivity contribution in [3.63, 3.8) is 0 Å². The van der Waals surface area contributed by atoms with Crippen LogP contribution >= 0.6 is 0 Å². The van der Waals surface area contributed by atoms with Crippen LogP contribution in [0.4, 0.5) is 0 Å². The van der Waals surface area contributed by atoms with E-state index in [-0.39, 0.29) is 5.75 Å². The molecule has 0 unspecified atom stereocenters. The molecule has 0 aromatic carbocycles. The van der Waals surface area contributed by atoms with Gasteiger partial charge in [-0.1, -0.05) is 51.2 Å². The molecule has 0 spiro atoms. The highest BCUT2D eigenvalue weighted by atomic mass is 32.2. The van der Waals surface area contributed by atoms with Crippen molar-refractivity contribution in [3.05, 3.63) is 12.2 Å². The van der Waals surface area contributed by atoms with Crippen molar-refractivity contribution in [2.75, 3.05) is 5.75 Å². The fourth-order valence-electron chi connectivity index (χ4n) is 1.82. The van der Waals surface area contributed by atoms with E-state index >= 15 is 0 Å². The molecule has 3 nitrogen and oxygen atoms in total. The molecule has 18 heavy (non-hydrogen) atoms. The maximum atomic E-state index is 10.5. The molecular weight excluding hydrogens is 248 g/mol. The molecule has 0 saturated heterocycles. The maximum absolute atomic E-state index is 10.5. The summed E-state index contributed by atoms with van der Waals surface area (Å²) in [7, 11) is -3.75. The second kappa shape index (κ2) is 11.7. The second-order valence-electron chi connectivity index (χ2n) is 4.81. The van der Waals surface area contributed by atoms with Crippen LogP contribution in [0.15, 0.2) is 12.2 Å². The van der Waals surface area contributed by atoms with Gasteiger partial charge in [0.05, 0.1) is 5.75 Å². The van der Waals surface area contributed by atoms with E-state index in [1.807, 2.05) is 0 Å². The molecule has 0 aromatic heterocycles. The smallest absolute Gasteiger partial charge is 0.264 e. The third kappa shape index (κ3) is 15.6. The minimum Gasteiger partial charge on any atom is -0.286 e. The molecule has 0 aliphatic carbocycles. The normalized spacial score (nSPS) is 12.3. The molecule has 108 valence electrons. The molecule has 4 heteroatoms. The Morgan fingerprint density at radius 1 is 0.833 bits per heavy atom. The van der Waals surface area contributed by atoms with Gasteiger partial charge >= 0.3 is 0 Å². The quantitative estimate of drug-likeness (QED) is 0.327. The van der Waals surface area contributed by atoms with E-state index in [0.29, 0.717) is 6.42 Å². The fraction of sp³-hybridized carbons (Fsp3) is 0.857. The summed E-state index contributed by atoms with van der Waals surface area (Å²) in [6.45, 7) is 2.21. The monoisotopic (exact) mass is 276 g/mol. The molecule has 1 N–H and O–H groups in total. The van der Waals surface area contributed by atoms with Crippen LogP contribution in [0.2, 0.25) is 0 Å². The molecule has 0 atom stereocenters. The van der Waals surface area contributed by atoms with Gasteiger partial charge in [-0.3, -0.25) is 4.55 Å². The lowest BCUT2D eigenvalue weighted by molar-refractivity contribution is 0.479. The molecule has 0 aliphatic heterocycles. The summed E-state index contributed by atoms with van der Waals surface area (Å²) >= 11 is 0. The number of unbranched alkanes of at least 4 members (excludes halogenated alkanes) is 8. The predicted molar refractivity (Wildman–Crippen MR) is 77.4 cm³/mol. The molecule has 0 aromatic rings. The first-order valence-electron chi connectivity index (χ1n) is 7.16. The summed E-state index contributed by atoms with van der Waals surface area (Å²) in [5, 5.41) is 0. The molecule has 0 amide bonds. The molecule has 0 fully saturated rings. The maximum Gasteiger partial charge on any atom is 0.264 e. The van der Waals surface area contributed by atoms with Crippen molar-refractivity contribution in [2.45, 2.75) is 71.1 Å². The van der Waals surface area contributed by atoms with Crippen molar-refractivity contribution in [1.29, 1.82) is 0 Å². The van der Waals surface area contributed by atoms with Gasteiger partial charge in [0.15, 0.2) is 0 Å². The fourth-order valence-corrected chi connectivity index (χ4v) is 2.39. The molecule has 0 rings (SSSR count). The standard InChI is InChI=1S/C14H28O3S/c1-2-3-4-5-6-7-8-9-10-11-12-13-14-18(15,16)17/h6-7H,2-5,8-14H2,1H3,(H,15,16,17). The van der Waals surface area contributed by atoms with Gasteiger partial charge < -0.3 is 0 Å². The van der Waals surface area contributed by atoms with Crippen LogP contribution in [0.5, 0.6) is 0 Å². The SMILES string of the molecule is CCCCCC=CCCCCCCCS(=O)(=O)O. The van der Waals surface area contributed by atoms with Gasteiger partial charge in [-0.05, 0) is 32.1 Å². The Labute approximate surface area is 112 Å². The Kier molecular flexibility index (Phi) is 11.5. The van der Waals surface area contributed by atoms with Crippen LogP contribution in [-0.4, -0.2) is 18.7 Å². The van der Waals surface area contributed by atoms with Crippen LogP contribution in [0, 0.1) is 0 Å². The average molecular weight is 276 g/mol. The first kappa shape index (κ1) is 17.6. The third-order valence-corrected chi connectivity index (χ3v) is 3.72. The summed E-state index contributed by atoms with van der Waals surface area (Å²) in [6.07, 6.45) is 15.6. The predicted octanol–water partition coefficient (Wildman–Crippen LogP) is 4.35. The number of hydrogen-bond acceptors (Lipinski definition) is 2. The zero-order chi connectivity index (χ0) is 13.7. The van der Waals surface area contributed by atoms with Gasteiger partial charge in [-0.25, -0.2) is 0 Å². The Hall–Kier alpha value is -0.350. The molecule has 0 heterocycles. The van der Waals surface area contributed by atoms with Crippen LogP contribution in [0.3, 0.4) is 0 Å². The Bertz CT molecular complexity index is 294. The van der Waals surface area contributed by atoms with E-state index in [2.05, 4.69) is 19.1 Å². The number of allylic oxidation sites excluding steroid dienone is 2. The van der Waals surface area contributed by atoms with Gasteiger partial charge in [-0.15, -0.1) is 0 Å². The van der Waals surface area contributed by atoms with Crippen molar-refractivity contribution >= 4 is 10.1 Å². The Balaban J connectivity index is 3.16. The first-order chi connectivity index (χ1) is 8.56. The summed E-state index contributed by atoms with van der Waals surface area (Å²) in [5.41, 5.74) is 0. The van der Waals surface area contributed by atoms with E-state index in [0.717, 1.165) is 25.7 Å².